The Kier molecular flexibility index (Phi) is 4.44. The van der Waals surface area contributed by atoms with Gasteiger partial charge in [0.05, 0.1) is 18.3 Å². The average molecular weight is 324 g/mol. The van der Waals surface area contributed by atoms with Crippen LogP contribution in [0.5, 0.6) is 0 Å². The lowest BCUT2D eigenvalue weighted by molar-refractivity contribution is -0.122. The van der Waals surface area contributed by atoms with Gasteiger partial charge in [0.25, 0.3) is 0 Å². The van der Waals surface area contributed by atoms with Gasteiger partial charge < -0.3 is 11.1 Å². The van der Waals surface area contributed by atoms with E-state index in [-0.39, 0.29) is 23.7 Å². The lowest BCUT2D eigenvalue weighted by atomic mass is 9.69. The van der Waals surface area contributed by atoms with E-state index in [1.165, 1.54) is 12.8 Å². The van der Waals surface area contributed by atoms with Crippen molar-refractivity contribution in [2.75, 3.05) is 5.73 Å². The van der Waals surface area contributed by atoms with Crippen molar-refractivity contribution in [3.8, 4) is 0 Å². The SMILES string of the molecule is CC1(C)C2CCC1(C)C(NC(=O)Cc1ccc(N)cn1)C2.Cl. The highest BCUT2D eigenvalue weighted by molar-refractivity contribution is 5.85. The predicted octanol–water partition coefficient (Wildman–Crippen LogP) is 2.96. The molecule has 3 unspecified atom stereocenters. The van der Waals surface area contributed by atoms with Crippen LogP contribution in [0.2, 0.25) is 0 Å². The third-order valence-corrected chi connectivity index (χ3v) is 6.32. The number of nitrogen functional groups attached to an aromatic ring is 1. The number of amides is 1. The minimum atomic E-state index is 0. The topological polar surface area (TPSA) is 68.0 Å². The summed E-state index contributed by atoms with van der Waals surface area (Å²) in [6.07, 6.45) is 5.57. The Morgan fingerprint density at radius 3 is 2.64 bits per heavy atom. The van der Waals surface area contributed by atoms with Gasteiger partial charge in [-0.05, 0) is 48.1 Å². The second-order valence-corrected chi connectivity index (χ2v) is 7.49. The molecule has 0 spiro atoms. The summed E-state index contributed by atoms with van der Waals surface area (Å²) >= 11 is 0. The molecule has 1 heterocycles. The summed E-state index contributed by atoms with van der Waals surface area (Å²) in [5.41, 5.74) is 7.56. The van der Waals surface area contributed by atoms with Gasteiger partial charge in [-0.25, -0.2) is 0 Å². The second kappa shape index (κ2) is 5.73. The monoisotopic (exact) mass is 323 g/mol. The van der Waals surface area contributed by atoms with Gasteiger partial charge in [0, 0.05) is 11.7 Å². The Balaban J connectivity index is 0.00000176. The second-order valence-electron chi connectivity index (χ2n) is 7.49. The molecule has 3 rings (SSSR count). The Hall–Kier alpha value is -1.29. The fourth-order valence-electron chi connectivity index (χ4n) is 4.37. The van der Waals surface area contributed by atoms with Crippen LogP contribution in [-0.4, -0.2) is 16.9 Å². The van der Waals surface area contributed by atoms with Crippen molar-refractivity contribution in [1.82, 2.24) is 10.3 Å². The molecule has 2 aliphatic rings. The first-order chi connectivity index (χ1) is 9.83. The first-order valence-electron chi connectivity index (χ1n) is 7.83. The van der Waals surface area contributed by atoms with Crippen LogP contribution in [0.4, 0.5) is 5.69 Å². The van der Waals surface area contributed by atoms with E-state index < -0.39 is 0 Å². The molecular weight excluding hydrogens is 298 g/mol. The fraction of sp³-hybridized carbons (Fsp3) is 0.647. The van der Waals surface area contributed by atoms with Crippen LogP contribution in [0, 0.1) is 16.7 Å². The van der Waals surface area contributed by atoms with Crippen molar-refractivity contribution < 1.29 is 4.79 Å². The third-order valence-electron chi connectivity index (χ3n) is 6.32. The number of fused-ring (bicyclic) bond motifs is 2. The first-order valence-corrected chi connectivity index (χ1v) is 7.83. The molecule has 22 heavy (non-hydrogen) atoms. The van der Waals surface area contributed by atoms with Crippen LogP contribution in [0.3, 0.4) is 0 Å². The molecule has 1 aromatic rings. The summed E-state index contributed by atoms with van der Waals surface area (Å²) in [5, 5.41) is 3.26. The molecule has 2 fully saturated rings. The van der Waals surface area contributed by atoms with Crippen molar-refractivity contribution in [3.63, 3.8) is 0 Å². The Labute approximate surface area is 138 Å². The molecular formula is C17H26ClN3O. The van der Waals surface area contributed by atoms with Crippen LogP contribution in [-0.2, 0) is 11.2 Å². The summed E-state index contributed by atoms with van der Waals surface area (Å²) in [6.45, 7) is 7.06. The summed E-state index contributed by atoms with van der Waals surface area (Å²) < 4.78 is 0. The lowest BCUT2D eigenvalue weighted by Crippen LogP contribution is -2.47. The molecule has 0 radical (unpaired) electrons. The fourth-order valence-corrected chi connectivity index (χ4v) is 4.37. The maximum Gasteiger partial charge on any atom is 0.226 e. The number of nitrogens with zero attached hydrogens (tertiary/aromatic N) is 1. The summed E-state index contributed by atoms with van der Waals surface area (Å²) in [7, 11) is 0. The van der Waals surface area contributed by atoms with Crippen molar-refractivity contribution in [3.05, 3.63) is 24.0 Å². The summed E-state index contributed by atoms with van der Waals surface area (Å²) in [4.78, 5) is 16.5. The summed E-state index contributed by atoms with van der Waals surface area (Å²) in [5.74, 6) is 0.810. The highest BCUT2D eigenvalue weighted by atomic mass is 35.5. The van der Waals surface area contributed by atoms with Crippen LogP contribution >= 0.6 is 12.4 Å². The molecule has 2 saturated carbocycles. The molecule has 1 aromatic heterocycles. The minimum absolute atomic E-state index is 0. The van der Waals surface area contributed by atoms with E-state index in [9.17, 15) is 4.79 Å². The molecule has 1 amide bonds. The van der Waals surface area contributed by atoms with Crippen LogP contribution in [0.25, 0.3) is 0 Å². The van der Waals surface area contributed by atoms with Crippen LogP contribution < -0.4 is 11.1 Å². The number of rotatable bonds is 3. The number of carbonyl (C=O) groups is 1. The first kappa shape index (κ1) is 17.1. The molecule has 0 saturated heterocycles. The standard InChI is InChI=1S/C17H25N3O.ClH/c1-16(2)11-6-7-17(16,3)14(8-11)20-15(21)9-13-5-4-12(18)10-19-13;/h4-5,10-11,14H,6-9,18H2,1-3H3,(H,20,21);1H. The van der Waals surface area contributed by atoms with E-state index in [4.69, 9.17) is 5.73 Å². The van der Waals surface area contributed by atoms with E-state index in [0.29, 0.717) is 23.6 Å². The number of anilines is 1. The predicted molar refractivity (Wildman–Crippen MR) is 90.8 cm³/mol. The van der Waals surface area contributed by atoms with E-state index in [1.54, 1.807) is 12.3 Å². The molecule has 5 heteroatoms. The van der Waals surface area contributed by atoms with Gasteiger partial charge in [-0.2, -0.15) is 0 Å². The summed E-state index contributed by atoms with van der Waals surface area (Å²) in [6, 6.07) is 3.91. The maximum atomic E-state index is 12.3. The van der Waals surface area contributed by atoms with Crippen molar-refractivity contribution in [2.45, 2.75) is 52.5 Å². The Bertz CT molecular complexity index is 558. The zero-order valence-electron chi connectivity index (χ0n) is 13.6. The Morgan fingerprint density at radius 1 is 1.41 bits per heavy atom. The van der Waals surface area contributed by atoms with Gasteiger partial charge in [0.1, 0.15) is 0 Å². The molecule has 3 atom stereocenters. The van der Waals surface area contributed by atoms with Crippen molar-refractivity contribution in [2.24, 2.45) is 16.7 Å². The average Bonchev–Trinajstić information content (AvgIpc) is 2.74. The number of halogens is 1. The van der Waals surface area contributed by atoms with E-state index in [1.807, 2.05) is 6.07 Å². The molecule has 122 valence electrons. The smallest absolute Gasteiger partial charge is 0.226 e. The molecule has 0 aromatic carbocycles. The van der Waals surface area contributed by atoms with Gasteiger partial charge in [-0.1, -0.05) is 20.8 Å². The highest BCUT2D eigenvalue weighted by Crippen LogP contribution is 2.65. The number of hydrogen-bond donors (Lipinski definition) is 2. The van der Waals surface area contributed by atoms with E-state index in [0.717, 1.165) is 18.0 Å². The van der Waals surface area contributed by atoms with Gasteiger partial charge in [-0.15, -0.1) is 12.4 Å². The largest absolute Gasteiger partial charge is 0.397 e. The number of aromatic nitrogens is 1. The number of pyridine rings is 1. The zero-order chi connectivity index (χ0) is 15.3. The van der Waals surface area contributed by atoms with Gasteiger partial charge in [-0.3, -0.25) is 9.78 Å². The van der Waals surface area contributed by atoms with E-state index >= 15 is 0 Å². The van der Waals surface area contributed by atoms with Crippen LogP contribution in [0.1, 0.15) is 45.7 Å². The van der Waals surface area contributed by atoms with Gasteiger partial charge in [0.15, 0.2) is 0 Å². The quantitative estimate of drug-likeness (QED) is 0.898. The number of carbonyl (C=O) groups excluding carboxylic acids is 1. The van der Waals surface area contributed by atoms with Crippen molar-refractivity contribution >= 4 is 24.0 Å². The minimum Gasteiger partial charge on any atom is -0.397 e. The van der Waals surface area contributed by atoms with Crippen molar-refractivity contribution in [1.29, 1.82) is 0 Å². The molecule has 0 aliphatic heterocycles. The van der Waals surface area contributed by atoms with Gasteiger partial charge in [0.2, 0.25) is 5.91 Å². The number of nitrogens with two attached hydrogens (primary N) is 1. The van der Waals surface area contributed by atoms with Gasteiger partial charge >= 0.3 is 0 Å². The van der Waals surface area contributed by atoms with E-state index in [2.05, 4.69) is 31.1 Å². The normalized spacial score (nSPS) is 31.6. The number of hydrogen-bond acceptors (Lipinski definition) is 3. The highest BCUT2D eigenvalue weighted by Gasteiger charge is 2.61. The lowest BCUT2D eigenvalue weighted by Gasteiger charge is -2.39. The van der Waals surface area contributed by atoms with Crippen LogP contribution in [0.15, 0.2) is 18.3 Å². The molecule has 2 bridgehead atoms. The number of nitrogens with one attached hydrogen (secondary N) is 1. The maximum absolute atomic E-state index is 12.3. The zero-order valence-corrected chi connectivity index (χ0v) is 14.4. The Morgan fingerprint density at radius 2 is 2.14 bits per heavy atom. The third kappa shape index (κ3) is 2.58. The molecule has 2 aliphatic carbocycles. The molecule has 4 nitrogen and oxygen atoms in total. The molecule has 3 N–H and O–H groups in total.